The topological polar surface area (TPSA) is 419 Å². The molecule has 11 amide bonds. The molecule has 10 atom stereocenters. The highest BCUT2D eigenvalue weighted by Crippen LogP contribution is 2.27. The third-order valence-electron chi connectivity index (χ3n) is 14.1. The zero-order valence-electron chi connectivity index (χ0n) is 47.3. The number of carboxylic acids is 1. The first kappa shape index (κ1) is 67.9. The van der Waals surface area contributed by atoms with Gasteiger partial charge in [0.05, 0.1) is 19.1 Å². The second-order valence-corrected chi connectivity index (χ2v) is 23.8. The minimum Gasteiger partial charge on any atom is -0.494 e. The number of aliphatic hydroxyl groups is 1. The Bertz CT molecular complexity index is 2580. The van der Waals surface area contributed by atoms with Gasteiger partial charge in [0.15, 0.2) is 0 Å². The van der Waals surface area contributed by atoms with Crippen molar-refractivity contribution >= 4 is 112 Å². The Balaban J connectivity index is 1.55. The molecule has 5 rings (SSSR count). The maximum atomic E-state index is 14.9. The molecule has 1 aromatic rings. The quantitative estimate of drug-likeness (QED) is 0.119. The van der Waals surface area contributed by atoms with Crippen molar-refractivity contribution in [3.8, 4) is 5.75 Å². The number of thioether (sulfide) groups is 3. The summed E-state index contributed by atoms with van der Waals surface area (Å²) in [4.78, 5) is 171. The molecule has 31 heteroatoms. The van der Waals surface area contributed by atoms with Gasteiger partial charge in [-0.1, -0.05) is 11.2 Å². The lowest BCUT2D eigenvalue weighted by Gasteiger charge is -2.31. The summed E-state index contributed by atoms with van der Waals surface area (Å²) in [6, 6.07) is -7.17. The van der Waals surface area contributed by atoms with Crippen LogP contribution in [0.4, 0.5) is 0 Å². The summed E-state index contributed by atoms with van der Waals surface area (Å²) in [5.74, 6) is -9.87. The van der Waals surface area contributed by atoms with E-state index in [1.807, 2.05) is 18.2 Å². The average molecular weight is 1240 g/mol. The Morgan fingerprint density at radius 3 is 1.90 bits per heavy atom. The normalized spacial score (nSPS) is 27.5. The van der Waals surface area contributed by atoms with Crippen molar-refractivity contribution in [1.29, 1.82) is 0 Å². The van der Waals surface area contributed by atoms with Crippen LogP contribution in [0.25, 0.3) is 0 Å². The van der Waals surface area contributed by atoms with Gasteiger partial charge in [0.25, 0.3) is 5.91 Å². The number of carboxylic acid groups (broad SMARTS) is 1. The fourth-order valence-corrected chi connectivity index (χ4v) is 12.2. The molecule has 28 nitrogen and oxygen atoms in total. The van der Waals surface area contributed by atoms with E-state index < -0.39 is 138 Å². The van der Waals surface area contributed by atoms with Gasteiger partial charge in [0, 0.05) is 42.5 Å². The summed E-state index contributed by atoms with van der Waals surface area (Å²) in [5, 5.41) is 42.1. The molecule has 4 bridgehead atoms. The van der Waals surface area contributed by atoms with E-state index in [-0.39, 0.29) is 74.8 Å². The van der Waals surface area contributed by atoms with E-state index in [1.165, 1.54) is 54.0 Å². The number of fused-ring (bicyclic) bond motifs is 7. The van der Waals surface area contributed by atoms with Crippen LogP contribution in [0.1, 0.15) is 102 Å². The van der Waals surface area contributed by atoms with Crippen molar-refractivity contribution in [3.05, 3.63) is 29.3 Å². The molecular weight excluding hydrogens is 1160 g/mol. The predicted molar refractivity (Wildman–Crippen MR) is 310 cm³/mol. The van der Waals surface area contributed by atoms with Crippen LogP contribution >= 0.6 is 35.3 Å². The molecule has 1 unspecified atom stereocenters. The molecule has 0 aromatic heterocycles. The lowest BCUT2D eigenvalue weighted by atomic mass is 10.1. The van der Waals surface area contributed by atoms with Crippen molar-refractivity contribution in [2.24, 2.45) is 16.6 Å². The lowest BCUT2D eigenvalue weighted by Crippen LogP contribution is -2.61. The summed E-state index contributed by atoms with van der Waals surface area (Å²) >= 11 is 3.78. The molecule has 464 valence electrons. The SMILES string of the molecule is CSCC[C@@H]1NC(=O)[C@@H]2CCCN2C(=O)[C@@H]2CSCc3cc(cc(c3)OCCCCCCO/N=C/C(=O)NC(CCC(N)=O)C(=O)N2)CSC[C@@H](C(N)=O)NC(=O)[C@H]([C@@H](C)O)NC(=O)[C@@H]2CCCN2C(=O)[C@H](C)NC(=O)[C@H](CC(=O)O)NC1=O. The fourth-order valence-electron chi connectivity index (χ4n) is 9.70. The number of nitrogens with one attached hydrogen (secondary N) is 7. The number of oxime groups is 1. The van der Waals surface area contributed by atoms with Gasteiger partial charge in [-0.05, 0) is 113 Å². The second kappa shape index (κ2) is 34.2. The molecule has 13 N–H and O–H groups in total. The van der Waals surface area contributed by atoms with Crippen LogP contribution < -0.4 is 53.4 Å². The molecule has 2 fully saturated rings. The van der Waals surface area contributed by atoms with Gasteiger partial charge in [-0.2, -0.15) is 35.3 Å². The summed E-state index contributed by atoms with van der Waals surface area (Å²) in [7, 11) is 0. The first-order chi connectivity index (χ1) is 40.1. The van der Waals surface area contributed by atoms with E-state index >= 15 is 0 Å². The van der Waals surface area contributed by atoms with Gasteiger partial charge in [0.2, 0.25) is 59.1 Å². The number of ether oxygens (including phenoxy) is 1. The third kappa shape index (κ3) is 21.3. The summed E-state index contributed by atoms with van der Waals surface area (Å²) in [5.41, 5.74) is 12.7. The Morgan fingerprint density at radius 1 is 0.702 bits per heavy atom. The van der Waals surface area contributed by atoms with Crippen LogP contribution in [-0.4, -0.2) is 207 Å². The summed E-state index contributed by atoms with van der Waals surface area (Å²) in [6.07, 6.45) is 3.15. The first-order valence-corrected chi connectivity index (χ1v) is 31.5. The molecule has 2 saturated heterocycles. The predicted octanol–water partition coefficient (Wildman–Crippen LogP) is -2.12. The van der Waals surface area contributed by atoms with Crippen LogP contribution in [0.2, 0.25) is 0 Å². The highest BCUT2D eigenvalue weighted by Gasteiger charge is 2.42. The van der Waals surface area contributed by atoms with Gasteiger partial charge in [-0.25, -0.2) is 0 Å². The van der Waals surface area contributed by atoms with Crippen LogP contribution in [0.3, 0.4) is 0 Å². The number of primary amides is 2. The maximum absolute atomic E-state index is 14.9. The largest absolute Gasteiger partial charge is 0.494 e. The average Bonchev–Trinajstić information content (AvgIpc) is 4.20. The standard InChI is InChI=1S/C53H78N12O16S3/c1-29-52(78)64-15-8-11-40(64)50(76)63-44(30(2)66)51(77)61-37(45(55)71)27-83-25-31-20-32-22-33(21-31)80-17-6-4-5-7-18-81-56-24-42(68)58-34(12-13-41(54)67)46(72)62-38(28-84-26-32)53(79)65-16-9-10-39(65)49(75)59-35(14-19-82-3)47(73)60-36(23-43(69)70)48(74)57-29/h20-22,24,29-30,34-40,44,66H,4-19,23,25-28H2,1-3H3,(H2,54,67)(H2,55,71)(H,57,74)(H,58,68)(H,59,75)(H,60,73)(H,61,77)(H,62,72)(H,63,76)(H,69,70)/b56-24+/t29-,30+,34?,35-,36-,37-,38-,39-,40-,44-/m0/s1. The maximum Gasteiger partial charge on any atom is 0.305 e. The number of amides is 11. The molecule has 4 aliphatic heterocycles. The number of carbonyl (C=O) groups excluding carboxylic acids is 11. The second-order valence-electron chi connectivity index (χ2n) is 20.8. The molecule has 4 aliphatic rings. The zero-order valence-corrected chi connectivity index (χ0v) is 49.7. The van der Waals surface area contributed by atoms with Gasteiger partial charge in [-0.15, -0.1) is 0 Å². The van der Waals surface area contributed by atoms with Crippen LogP contribution in [0.5, 0.6) is 5.75 Å². The number of hydrogen-bond acceptors (Lipinski definition) is 19. The molecule has 84 heavy (non-hydrogen) atoms. The monoisotopic (exact) mass is 1230 g/mol. The van der Waals surface area contributed by atoms with Gasteiger partial charge < -0.3 is 78.3 Å². The number of aliphatic hydroxyl groups excluding tert-OH is 1. The Morgan fingerprint density at radius 2 is 1.29 bits per heavy atom. The van der Waals surface area contributed by atoms with Crippen molar-refractivity contribution < 1.29 is 77.3 Å². The van der Waals surface area contributed by atoms with E-state index in [0.717, 1.165) is 35.1 Å². The number of rotatable bonds is 10. The molecule has 1 aromatic carbocycles. The van der Waals surface area contributed by atoms with Crippen molar-refractivity contribution in [2.45, 2.75) is 163 Å². The van der Waals surface area contributed by atoms with Crippen molar-refractivity contribution in [2.75, 3.05) is 49.8 Å². The Labute approximate surface area is 499 Å². The molecular formula is C53H78N12O16S3. The number of carbonyl (C=O) groups is 12. The van der Waals surface area contributed by atoms with E-state index in [9.17, 15) is 67.7 Å². The fraction of sp³-hybridized carbons (Fsp3) is 0.642. The Hall–Kier alpha value is -6.86. The zero-order chi connectivity index (χ0) is 61.5. The minimum atomic E-state index is -1.79. The van der Waals surface area contributed by atoms with E-state index in [2.05, 4.69) is 42.4 Å². The number of nitrogens with two attached hydrogens (primary N) is 2. The minimum absolute atomic E-state index is 0.0192. The van der Waals surface area contributed by atoms with E-state index in [0.29, 0.717) is 43.8 Å². The lowest BCUT2D eigenvalue weighted by molar-refractivity contribution is -0.144. The highest BCUT2D eigenvalue weighted by atomic mass is 32.2. The van der Waals surface area contributed by atoms with Crippen molar-refractivity contribution in [1.82, 2.24) is 47.0 Å². The molecule has 0 radical (unpaired) electrons. The first-order valence-electron chi connectivity index (χ1n) is 27.8. The number of aliphatic carboxylic acids is 1. The van der Waals surface area contributed by atoms with Crippen LogP contribution in [-0.2, 0) is 73.9 Å². The van der Waals surface area contributed by atoms with Gasteiger partial charge in [-0.3, -0.25) is 57.5 Å². The van der Waals surface area contributed by atoms with Crippen LogP contribution in [0, 0.1) is 0 Å². The van der Waals surface area contributed by atoms with E-state index in [1.54, 1.807) is 6.26 Å². The van der Waals surface area contributed by atoms with Crippen LogP contribution in [0.15, 0.2) is 23.4 Å². The van der Waals surface area contributed by atoms with Gasteiger partial charge >= 0.3 is 5.97 Å². The number of hydrogen-bond donors (Lipinski definition) is 11. The number of nitrogens with zero attached hydrogens (tertiary/aromatic N) is 3. The Kier molecular flexibility index (Phi) is 27.6. The van der Waals surface area contributed by atoms with Crippen molar-refractivity contribution in [3.63, 3.8) is 0 Å². The smallest absolute Gasteiger partial charge is 0.305 e. The molecule has 0 spiro atoms. The van der Waals surface area contributed by atoms with Gasteiger partial charge in [0.1, 0.15) is 72.9 Å². The summed E-state index contributed by atoms with van der Waals surface area (Å²) < 4.78 is 6.23. The molecule has 0 aliphatic carbocycles. The van der Waals surface area contributed by atoms with E-state index in [4.69, 9.17) is 21.0 Å². The molecule has 4 heterocycles. The third-order valence-corrected chi connectivity index (χ3v) is 16.9. The number of benzene rings is 1. The molecule has 0 saturated carbocycles. The highest BCUT2D eigenvalue weighted by molar-refractivity contribution is 7.99. The summed E-state index contributed by atoms with van der Waals surface area (Å²) in [6.45, 7) is 3.12.